The van der Waals surface area contributed by atoms with Gasteiger partial charge in [-0.1, -0.05) is 66.5 Å². The number of aryl methyl sites for hydroxylation is 2. The zero-order valence-electron chi connectivity index (χ0n) is 17.5. The number of hydrogen-bond donors (Lipinski definition) is 0. The van der Waals surface area contributed by atoms with E-state index in [0.717, 1.165) is 66.0 Å². The highest BCUT2D eigenvalue weighted by Crippen LogP contribution is 2.40. The molecule has 0 fully saturated rings. The van der Waals surface area contributed by atoms with Gasteiger partial charge >= 0.3 is 0 Å². The fourth-order valence-corrected chi connectivity index (χ4v) is 5.10. The summed E-state index contributed by atoms with van der Waals surface area (Å²) in [5.74, 6) is 0.195. The van der Waals surface area contributed by atoms with Crippen LogP contribution in [0.4, 0.5) is 0 Å². The highest BCUT2D eigenvalue weighted by molar-refractivity contribution is 6.42. The number of benzene rings is 2. The van der Waals surface area contributed by atoms with E-state index in [1.807, 2.05) is 36.4 Å². The van der Waals surface area contributed by atoms with Crippen molar-refractivity contribution < 1.29 is 4.79 Å². The Bertz CT molecular complexity index is 1280. The van der Waals surface area contributed by atoms with Crippen molar-refractivity contribution >= 4 is 34.6 Å². The number of carbonyl (C=O) groups is 1. The number of halogens is 2. The molecular formula is C26H24Cl2N2O. The highest BCUT2D eigenvalue weighted by Gasteiger charge is 2.29. The van der Waals surface area contributed by atoms with Crippen molar-refractivity contribution in [3.63, 3.8) is 0 Å². The van der Waals surface area contributed by atoms with E-state index in [4.69, 9.17) is 23.2 Å². The average Bonchev–Trinajstić information content (AvgIpc) is 3.19. The molecule has 0 aliphatic carbocycles. The van der Waals surface area contributed by atoms with Gasteiger partial charge in [0.25, 0.3) is 0 Å². The van der Waals surface area contributed by atoms with Crippen LogP contribution in [0.1, 0.15) is 48.7 Å². The van der Waals surface area contributed by atoms with Gasteiger partial charge in [-0.3, -0.25) is 9.20 Å². The zero-order valence-corrected chi connectivity index (χ0v) is 19.0. The lowest BCUT2D eigenvalue weighted by Crippen LogP contribution is -2.04. The summed E-state index contributed by atoms with van der Waals surface area (Å²) < 4.78 is 4.50. The van der Waals surface area contributed by atoms with Crippen molar-refractivity contribution in [1.29, 1.82) is 0 Å². The molecule has 0 atom stereocenters. The van der Waals surface area contributed by atoms with Crippen molar-refractivity contribution in [3.8, 4) is 22.4 Å². The molecule has 2 aromatic heterocycles. The van der Waals surface area contributed by atoms with Gasteiger partial charge in [0, 0.05) is 35.9 Å². The van der Waals surface area contributed by atoms with E-state index in [0.29, 0.717) is 16.5 Å². The second-order valence-corrected chi connectivity index (χ2v) is 9.00. The lowest BCUT2D eigenvalue weighted by atomic mass is 9.96. The van der Waals surface area contributed by atoms with Gasteiger partial charge in [-0.2, -0.15) is 0 Å². The fraction of sp³-hybridized carbons (Fsp3) is 0.269. The second-order valence-electron chi connectivity index (χ2n) is 8.19. The van der Waals surface area contributed by atoms with Crippen molar-refractivity contribution in [1.82, 2.24) is 8.97 Å². The maximum atomic E-state index is 13.4. The Labute approximate surface area is 192 Å². The van der Waals surface area contributed by atoms with Gasteiger partial charge < -0.3 is 4.57 Å². The Morgan fingerprint density at radius 1 is 1.00 bits per heavy atom. The zero-order chi connectivity index (χ0) is 21.5. The molecule has 0 saturated heterocycles. The van der Waals surface area contributed by atoms with Crippen molar-refractivity contribution in [2.24, 2.45) is 0 Å². The van der Waals surface area contributed by atoms with Gasteiger partial charge in [0.1, 0.15) is 5.65 Å². The first-order chi connectivity index (χ1) is 15.1. The SMILES string of the molecule is CCCC(=O)c1c(-c2ccccc2)c2c3n(c(-c4ccc(Cl)c(Cl)c4)cn13)CCCC2. The minimum absolute atomic E-state index is 0.195. The third kappa shape index (κ3) is 3.40. The number of aromatic nitrogens is 2. The third-order valence-electron chi connectivity index (χ3n) is 6.15. The van der Waals surface area contributed by atoms with E-state index >= 15 is 0 Å². The maximum absolute atomic E-state index is 13.4. The summed E-state index contributed by atoms with van der Waals surface area (Å²) >= 11 is 12.5. The number of imidazole rings is 1. The lowest BCUT2D eigenvalue weighted by molar-refractivity contribution is 0.0977. The average molecular weight is 451 g/mol. The molecule has 0 unspecified atom stereocenters. The van der Waals surface area contributed by atoms with Crippen LogP contribution < -0.4 is 0 Å². The van der Waals surface area contributed by atoms with Crippen LogP contribution in [-0.4, -0.2) is 14.8 Å². The van der Waals surface area contributed by atoms with Gasteiger partial charge in [0.15, 0.2) is 5.78 Å². The largest absolute Gasteiger partial charge is 0.325 e. The predicted octanol–water partition coefficient (Wildman–Crippen LogP) is 7.70. The molecule has 0 spiro atoms. The standard InChI is InChI=1S/C26H24Cl2N2O/c1-2-8-23(31)25-24(17-9-4-3-5-10-17)19-11-6-7-14-29-22(16-30(25)26(19)29)18-12-13-20(27)21(28)15-18/h3-5,9-10,12-13,15-16H,2,6-8,11,14H2,1H3. The van der Waals surface area contributed by atoms with Crippen molar-refractivity contribution in [2.45, 2.75) is 45.6 Å². The van der Waals surface area contributed by atoms with Crippen LogP contribution in [0.2, 0.25) is 10.0 Å². The van der Waals surface area contributed by atoms with Crippen LogP contribution in [0.15, 0.2) is 54.7 Å². The van der Waals surface area contributed by atoms with Crippen LogP contribution >= 0.6 is 23.2 Å². The molecule has 1 aliphatic heterocycles. The minimum atomic E-state index is 0.195. The molecule has 0 saturated carbocycles. The van der Waals surface area contributed by atoms with E-state index < -0.39 is 0 Å². The molecule has 3 nitrogen and oxygen atoms in total. The molecule has 4 aromatic rings. The normalized spacial score (nSPS) is 13.5. The van der Waals surface area contributed by atoms with Gasteiger partial charge in [-0.05, 0) is 43.4 Å². The Hall–Kier alpha value is -2.49. The van der Waals surface area contributed by atoms with Crippen LogP contribution in [0.3, 0.4) is 0 Å². The molecule has 5 heteroatoms. The highest BCUT2D eigenvalue weighted by atomic mass is 35.5. The van der Waals surface area contributed by atoms with Crippen LogP contribution in [0.5, 0.6) is 0 Å². The fourth-order valence-electron chi connectivity index (χ4n) is 4.81. The van der Waals surface area contributed by atoms with E-state index in [1.54, 1.807) is 0 Å². The Morgan fingerprint density at radius 2 is 1.81 bits per heavy atom. The number of hydrogen-bond acceptors (Lipinski definition) is 1. The summed E-state index contributed by atoms with van der Waals surface area (Å²) in [4.78, 5) is 13.4. The molecule has 0 N–H and O–H groups in total. The third-order valence-corrected chi connectivity index (χ3v) is 6.89. The first-order valence-corrected chi connectivity index (χ1v) is 11.7. The van der Waals surface area contributed by atoms with Crippen molar-refractivity contribution in [2.75, 3.05) is 0 Å². The van der Waals surface area contributed by atoms with E-state index in [2.05, 4.69) is 34.2 Å². The smallest absolute Gasteiger partial charge is 0.180 e. The molecule has 1 aliphatic rings. The molecule has 31 heavy (non-hydrogen) atoms. The minimum Gasteiger partial charge on any atom is -0.325 e. The maximum Gasteiger partial charge on any atom is 0.180 e. The molecule has 2 aromatic carbocycles. The number of nitrogens with zero attached hydrogens (tertiary/aromatic N) is 2. The van der Waals surface area contributed by atoms with E-state index in [-0.39, 0.29) is 5.78 Å². The summed E-state index contributed by atoms with van der Waals surface area (Å²) in [7, 11) is 0. The first kappa shape index (κ1) is 20.4. The van der Waals surface area contributed by atoms with Crippen LogP contribution in [0.25, 0.3) is 28.0 Å². The quantitative estimate of drug-likeness (QED) is 0.286. The van der Waals surface area contributed by atoms with Gasteiger partial charge in [0.2, 0.25) is 0 Å². The van der Waals surface area contributed by atoms with Crippen LogP contribution in [-0.2, 0) is 13.0 Å². The topological polar surface area (TPSA) is 26.4 Å². The Kier molecular flexibility index (Phi) is 5.41. The van der Waals surface area contributed by atoms with Crippen LogP contribution in [0, 0.1) is 0 Å². The van der Waals surface area contributed by atoms with E-state index in [1.165, 1.54) is 5.56 Å². The summed E-state index contributed by atoms with van der Waals surface area (Å²) in [5, 5.41) is 1.09. The Morgan fingerprint density at radius 3 is 2.55 bits per heavy atom. The molecule has 0 amide bonds. The summed E-state index contributed by atoms with van der Waals surface area (Å²) in [6.07, 6.45) is 6.65. The Balaban J connectivity index is 1.84. The molecular weight excluding hydrogens is 427 g/mol. The molecule has 3 heterocycles. The number of Topliss-reactive ketones (excluding diaryl/α,β-unsaturated/α-hetero) is 1. The van der Waals surface area contributed by atoms with Gasteiger partial charge in [0.05, 0.1) is 21.4 Å². The molecule has 5 rings (SSSR count). The molecule has 0 bridgehead atoms. The second kappa shape index (κ2) is 8.22. The summed E-state index contributed by atoms with van der Waals surface area (Å²) in [5.41, 5.74) is 7.52. The van der Waals surface area contributed by atoms with E-state index in [9.17, 15) is 4.79 Å². The number of ketones is 1. The summed E-state index contributed by atoms with van der Waals surface area (Å²) in [6, 6.07) is 16.1. The number of carbonyl (C=O) groups excluding carboxylic acids is 1. The first-order valence-electron chi connectivity index (χ1n) is 10.9. The van der Waals surface area contributed by atoms with Gasteiger partial charge in [-0.25, -0.2) is 0 Å². The van der Waals surface area contributed by atoms with Gasteiger partial charge in [-0.15, -0.1) is 0 Å². The van der Waals surface area contributed by atoms with Crippen molar-refractivity contribution in [3.05, 3.63) is 76.0 Å². The summed E-state index contributed by atoms with van der Waals surface area (Å²) in [6.45, 7) is 2.97. The lowest BCUT2D eigenvalue weighted by Gasteiger charge is -2.10. The molecule has 0 radical (unpaired) electrons. The molecule has 158 valence electrons. The predicted molar refractivity (Wildman–Crippen MR) is 128 cm³/mol. The monoisotopic (exact) mass is 450 g/mol. The number of rotatable bonds is 5.